The van der Waals surface area contributed by atoms with Gasteiger partial charge in [-0.15, -0.1) is 0 Å². The van der Waals surface area contributed by atoms with Crippen molar-refractivity contribution >= 4 is 0 Å². The standard InChI is InChI=1S/C17H19F2N/c1-2-20(11-10-14-6-4-3-5-7-14)13-15-8-9-16(18)17(19)12-15/h3-9,12H,2,10-11,13H2,1H3. The van der Waals surface area contributed by atoms with Crippen LogP contribution in [0.25, 0.3) is 0 Å². The molecule has 0 aliphatic heterocycles. The largest absolute Gasteiger partial charge is 0.299 e. The molecular formula is C17H19F2N. The van der Waals surface area contributed by atoms with Crippen LogP contribution < -0.4 is 0 Å². The number of hydrogen-bond donors (Lipinski definition) is 0. The second-order valence-electron chi connectivity index (χ2n) is 4.85. The fraction of sp³-hybridized carbons (Fsp3) is 0.294. The first-order chi connectivity index (χ1) is 9.69. The monoisotopic (exact) mass is 275 g/mol. The molecule has 0 saturated carbocycles. The van der Waals surface area contributed by atoms with Gasteiger partial charge < -0.3 is 0 Å². The maximum atomic E-state index is 13.2. The van der Waals surface area contributed by atoms with Gasteiger partial charge in [0.1, 0.15) is 0 Å². The lowest BCUT2D eigenvalue weighted by Gasteiger charge is -2.20. The molecular weight excluding hydrogens is 256 g/mol. The highest BCUT2D eigenvalue weighted by molar-refractivity contribution is 5.18. The van der Waals surface area contributed by atoms with Crippen molar-refractivity contribution < 1.29 is 8.78 Å². The first kappa shape index (κ1) is 14.7. The molecule has 0 amide bonds. The van der Waals surface area contributed by atoms with E-state index in [2.05, 4.69) is 24.0 Å². The maximum absolute atomic E-state index is 13.2. The van der Waals surface area contributed by atoms with Crippen LogP contribution in [-0.4, -0.2) is 18.0 Å². The van der Waals surface area contributed by atoms with Crippen molar-refractivity contribution in [3.8, 4) is 0 Å². The van der Waals surface area contributed by atoms with Gasteiger partial charge in [-0.25, -0.2) is 8.78 Å². The first-order valence-corrected chi connectivity index (χ1v) is 6.89. The van der Waals surface area contributed by atoms with E-state index in [9.17, 15) is 8.78 Å². The zero-order valence-electron chi connectivity index (χ0n) is 11.7. The Morgan fingerprint density at radius 1 is 0.900 bits per heavy atom. The molecule has 1 nitrogen and oxygen atoms in total. The fourth-order valence-corrected chi connectivity index (χ4v) is 2.18. The normalized spacial score (nSPS) is 11.0. The molecule has 0 aliphatic rings. The Balaban J connectivity index is 1.93. The summed E-state index contributed by atoms with van der Waals surface area (Å²) in [6.45, 7) is 4.50. The number of nitrogens with zero attached hydrogens (tertiary/aromatic N) is 1. The average Bonchev–Trinajstić information content (AvgIpc) is 2.48. The van der Waals surface area contributed by atoms with Crippen LogP contribution in [0.2, 0.25) is 0 Å². The van der Waals surface area contributed by atoms with E-state index in [1.807, 2.05) is 18.2 Å². The predicted molar refractivity (Wildman–Crippen MR) is 77.5 cm³/mol. The third-order valence-corrected chi connectivity index (χ3v) is 3.40. The van der Waals surface area contributed by atoms with Crippen molar-refractivity contribution in [2.45, 2.75) is 19.9 Å². The minimum atomic E-state index is -0.791. The van der Waals surface area contributed by atoms with Gasteiger partial charge in [0.25, 0.3) is 0 Å². The highest BCUT2D eigenvalue weighted by Crippen LogP contribution is 2.11. The van der Waals surface area contributed by atoms with E-state index in [1.165, 1.54) is 17.7 Å². The zero-order chi connectivity index (χ0) is 14.4. The number of likely N-dealkylation sites (N-methyl/N-ethyl adjacent to an activating group) is 1. The predicted octanol–water partition coefficient (Wildman–Crippen LogP) is 4.03. The van der Waals surface area contributed by atoms with Crippen molar-refractivity contribution in [1.29, 1.82) is 0 Å². The summed E-state index contributed by atoms with van der Waals surface area (Å²) in [5.74, 6) is -1.57. The van der Waals surface area contributed by atoms with E-state index in [0.717, 1.165) is 25.1 Å². The molecule has 0 aromatic heterocycles. The molecule has 3 heteroatoms. The van der Waals surface area contributed by atoms with Gasteiger partial charge in [-0.2, -0.15) is 0 Å². The van der Waals surface area contributed by atoms with E-state index in [4.69, 9.17) is 0 Å². The highest BCUT2D eigenvalue weighted by Gasteiger charge is 2.07. The molecule has 0 N–H and O–H groups in total. The lowest BCUT2D eigenvalue weighted by molar-refractivity contribution is 0.283. The minimum absolute atomic E-state index is 0.639. The second kappa shape index (κ2) is 7.15. The van der Waals surface area contributed by atoms with Gasteiger partial charge in [0, 0.05) is 13.1 Å². The molecule has 106 valence electrons. The summed E-state index contributed by atoms with van der Waals surface area (Å²) in [5.41, 5.74) is 2.09. The smallest absolute Gasteiger partial charge is 0.159 e. The summed E-state index contributed by atoms with van der Waals surface area (Å²) >= 11 is 0. The lowest BCUT2D eigenvalue weighted by atomic mass is 10.1. The van der Waals surface area contributed by atoms with Crippen LogP contribution in [0.4, 0.5) is 8.78 Å². The molecule has 0 atom stereocenters. The highest BCUT2D eigenvalue weighted by atomic mass is 19.2. The van der Waals surface area contributed by atoms with Gasteiger partial charge in [0.2, 0.25) is 0 Å². The Bertz CT molecular complexity index is 540. The van der Waals surface area contributed by atoms with Gasteiger partial charge in [-0.05, 0) is 36.2 Å². The molecule has 0 heterocycles. The third-order valence-electron chi connectivity index (χ3n) is 3.40. The Morgan fingerprint density at radius 3 is 2.30 bits per heavy atom. The summed E-state index contributed by atoms with van der Waals surface area (Å²) in [6, 6.07) is 14.4. The van der Waals surface area contributed by atoms with E-state index >= 15 is 0 Å². The lowest BCUT2D eigenvalue weighted by Crippen LogP contribution is -2.25. The number of rotatable bonds is 6. The number of halogens is 2. The van der Waals surface area contributed by atoms with Crippen molar-refractivity contribution in [3.05, 3.63) is 71.3 Å². The van der Waals surface area contributed by atoms with E-state index in [-0.39, 0.29) is 0 Å². The number of benzene rings is 2. The SMILES string of the molecule is CCN(CCc1ccccc1)Cc1ccc(F)c(F)c1. The Hall–Kier alpha value is -1.74. The summed E-state index contributed by atoms with van der Waals surface area (Å²) < 4.78 is 26.1. The topological polar surface area (TPSA) is 3.24 Å². The first-order valence-electron chi connectivity index (χ1n) is 6.89. The zero-order valence-corrected chi connectivity index (χ0v) is 11.7. The number of hydrogen-bond acceptors (Lipinski definition) is 1. The van der Waals surface area contributed by atoms with Crippen molar-refractivity contribution in [1.82, 2.24) is 4.90 Å². The van der Waals surface area contributed by atoms with Gasteiger partial charge >= 0.3 is 0 Å². The Morgan fingerprint density at radius 2 is 1.65 bits per heavy atom. The molecule has 0 unspecified atom stereocenters. The van der Waals surface area contributed by atoms with Gasteiger partial charge in [-0.1, -0.05) is 43.3 Å². The van der Waals surface area contributed by atoms with Crippen molar-refractivity contribution in [2.75, 3.05) is 13.1 Å². The molecule has 0 saturated heterocycles. The molecule has 0 aliphatic carbocycles. The van der Waals surface area contributed by atoms with Gasteiger partial charge in [0.15, 0.2) is 11.6 Å². The molecule has 2 aromatic rings. The second-order valence-corrected chi connectivity index (χ2v) is 4.85. The Labute approximate surface area is 118 Å². The van der Waals surface area contributed by atoms with Gasteiger partial charge in [-0.3, -0.25) is 4.90 Å². The quantitative estimate of drug-likeness (QED) is 0.769. The van der Waals surface area contributed by atoms with Crippen LogP contribution in [0.3, 0.4) is 0 Å². The van der Waals surface area contributed by atoms with Crippen LogP contribution in [0.15, 0.2) is 48.5 Å². The maximum Gasteiger partial charge on any atom is 0.159 e. The molecule has 2 rings (SSSR count). The molecule has 20 heavy (non-hydrogen) atoms. The molecule has 0 fully saturated rings. The van der Waals surface area contributed by atoms with Crippen LogP contribution in [-0.2, 0) is 13.0 Å². The van der Waals surface area contributed by atoms with E-state index in [0.29, 0.717) is 6.54 Å². The fourth-order valence-electron chi connectivity index (χ4n) is 2.18. The van der Waals surface area contributed by atoms with Crippen LogP contribution in [0.1, 0.15) is 18.1 Å². The van der Waals surface area contributed by atoms with Crippen LogP contribution >= 0.6 is 0 Å². The van der Waals surface area contributed by atoms with Crippen molar-refractivity contribution in [3.63, 3.8) is 0 Å². The van der Waals surface area contributed by atoms with Crippen molar-refractivity contribution in [2.24, 2.45) is 0 Å². The summed E-state index contributed by atoms with van der Waals surface area (Å²) in [5, 5.41) is 0. The average molecular weight is 275 g/mol. The Kier molecular flexibility index (Phi) is 5.24. The molecule has 0 radical (unpaired) electrons. The minimum Gasteiger partial charge on any atom is -0.299 e. The van der Waals surface area contributed by atoms with Gasteiger partial charge in [0.05, 0.1) is 0 Å². The third kappa shape index (κ3) is 4.14. The summed E-state index contributed by atoms with van der Waals surface area (Å²) in [6.07, 6.45) is 0.957. The van der Waals surface area contributed by atoms with E-state index in [1.54, 1.807) is 6.07 Å². The van der Waals surface area contributed by atoms with Crippen LogP contribution in [0.5, 0.6) is 0 Å². The summed E-state index contributed by atoms with van der Waals surface area (Å²) in [7, 11) is 0. The van der Waals surface area contributed by atoms with Crippen LogP contribution in [0, 0.1) is 11.6 Å². The van der Waals surface area contributed by atoms with E-state index < -0.39 is 11.6 Å². The molecule has 0 spiro atoms. The molecule has 0 bridgehead atoms. The molecule has 2 aromatic carbocycles. The summed E-state index contributed by atoms with van der Waals surface area (Å²) in [4.78, 5) is 2.22.